The summed E-state index contributed by atoms with van der Waals surface area (Å²) in [5.74, 6) is 1.60. The molecule has 1 fully saturated rings. The number of aryl methyl sites for hydroxylation is 2. The molecule has 3 rings (SSSR count). The fraction of sp³-hybridized carbons (Fsp3) is 0.550. The Balaban J connectivity index is 1.61. The number of rotatable bonds is 4. The lowest BCUT2D eigenvalue weighted by molar-refractivity contribution is 0.0927. The molecule has 0 aromatic carbocycles. The van der Waals surface area contributed by atoms with Crippen LogP contribution in [0, 0.1) is 6.92 Å². The van der Waals surface area contributed by atoms with Gasteiger partial charge in [0.05, 0.1) is 11.9 Å². The average Bonchev–Trinajstić information content (AvgIpc) is 2.92. The second-order valence-corrected chi connectivity index (χ2v) is 8.12. The third-order valence-corrected chi connectivity index (χ3v) is 4.45. The van der Waals surface area contributed by atoms with Crippen LogP contribution in [0.4, 0.5) is 5.82 Å². The molecule has 27 heavy (non-hydrogen) atoms. The second kappa shape index (κ2) is 7.58. The fourth-order valence-corrected chi connectivity index (χ4v) is 3.38. The summed E-state index contributed by atoms with van der Waals surface area (Å²) in [4.78, 5) is 19.1. The van der Waals surface area contributed by atoms with E-state index in [1.54, 1.807) is 18.3 Å². The first kappa shape index (κ1) is 19.2. The summed E-state index contributed by atoms with van der Waals surface area (Å²) in [6.07, 6.45) is 3.59. The molecular weight excluding hydrogens is 342 g/mol. The Hall–Kier alpha value is -2.57. The number of hydrogen-bond acceptors (Lipinski definition) is 5. The van der Waals surface area contributed by atoms with Gasteiger partial charge in [0, 0.05) is 32.2 Å². The highest BCUT2D eigenvalue weighted by Crippen LogP contribution is 2.21. The van der Waals surface area contributed by atoms with E-state index in [1.807, 2.05) is 39.4 Å². The van der Waals surface area contributed by atoms with Gasteiger partial charge in [-0.05, 0) is 52.7 Å². The average molecular weight is 371 g/mol. The molecule has 0 aliphatic carbocycles. The van der Waals surface area contributed by atoms with Crippen molar-refractivity contribution in [3.05, 3.63) is 35.8 Å². The zero-order valence-corrected chi connectivity index (χ0v) is 16.8. The van der Waals surface area contributed by atoms with Gasteiger partial charge in [0.1, 0.15) is 22.9 Å². The zero-order valence-electron chi connectivity index (χ0n) is 16.8. The predicted molar refractivity (Wildman–Crippen MR) is 105 cm³/mol. The normalized spacial score (nSPS) is 17.7. The van der Waals surface area contributed by atoms with Gasteiger partial charge >= 0.3 is 0 Å². The van der Waals surface area contributed by atoms with Crippen molar-refractivity contribution in [2.24, 2.45) is 7.05 Å². The van der Waals surface area contributed by atoms with Crippen molar-refractivity contribution in [3.8, 4) is 5.75 Å². The van der Waals surface area contributed by atoms with E-state index in [0.717, 1.165) is 37.4 Å². The summed E-state index contributed by atoms with van der Waals surface area (Å²) >= 11 is 0. The van der Waals surface area contributed by atoms with Crippen LogP contribution in [-0.4, -0.2) is 45.4 Å². The molecule has 1 unspecified atom stereocenters. The molecule has 1 amide bonds. The fourth-order valence-electron chi connectivity index (χ4n) is 3.38. The largest absolute Gasteiger partial charge is 0.487 e. The molecule has 3 heterocycles. The lowest BCUT2D eigenvalue weighted by Gasteiger charge is -2.34. The summed E-state index contributed by atoms with van der Waals surface area (Å²) < 4.78 is 7.65. The van der Waals surface area contributed by atoms with Crippen LogP contribution in [0.3, 0.4) is 0 Å². The number of ether oxygens (including phenoxy) is 1. The number of carbonyl (C=O) groups is 1. The molecule has 0 bridgehead atoms. The quantitative estimate of drug-likeness (QED) is 0.895. The number of aromatic nitrogens is 3. The molecule has 0 saturated carbocycles. The van der Waals surface area contributed by atoms with Crippen LogP contribution < -0.4 is 15.0 Å². The molecule has 1 aliphatic heterocycles. The van der Waals surface area contributed by atoms with Crippen LogP contribution in [0.1, 0.15) is 49.8 Å². The molecule has 7 heteroatoms. The maximum absolute atomic E-state index is 12.6. The molecule has 1 N–H and O–H groups in total. The Morgan fingerprint density at radius 1 is 1.33 bits per heavy atom. The molecular formula is C20H29N5O2. The van der Waals surface area contributed by atoms with E-state index in [-0.39, 0.29) is 17.6 Å². The van der Waals surface area contributed by atoms with Gasteiger partial charge in [-0.1, -0.05) is 0 Å². The number of anilines is 1. The van der Waals surface area contributed by atoms with Crippen molar-refractivity contribution in [2.45, 2.75) is 52.2 Å². The van der Waals surface area contributed by atoms with Crippen LogP contribution in [-0.2, 0) is 7.05 Å². The molecule has 1 atom stereocenters. The van der Waals surface area contributed by atoms with Gasteiger partial charge in [0.2, 0.25) is 0 Å². The van der Waals surface area contributed by atoms with Crippen LogP contribution in [0.15, 0.2) is 24.4 Å². The Labute approximate surface area is 160 Å². The predicted octanol–water partition coefficient (Wildman–Crippen LogP) is 2.70. The highest BCUT2D eigenvalue weighted by atomic mass is 16.5. The number of pyridine rings is 1. The highest BCUT2D eigenvalue weighted by molar-refractivity contribution is 5.92. The zero-order chi connectivity index (χ0) is 19.6. The van der Waals surface area contributed by atoms with E-state index < -0.39 is 0 Å². The smallest absolute Gasteiger partial charge is 0.270 e. The van der Waals surface area contributed by atoms with Gasteiger partial charge < -0.3 is 15.0 Å². The molecule has 7 nitrogen and oxygen atoms in total. The number of carbonyl (C=O) groups excluding carboxylic acids is 1. The first-order valence-corrected chi connectivity index (χ1v) is 9.43. The van der Waals surface area contributed by atoms with E-state index >= 15 is 0 Å². The number of hydrogen-bond donors (Lipinski definition) is 1. The van der Waals surface area contributed by atoms with Crippen molar-refractivity contribution in [2.75, 3.05) is 18.0 Å². The van der Waals surface area contributed by atoms with Gasteiger partial charge in [-0.2, -0.15) is 5.10 Å². The standard InChI is InChI=1S/C20H29N5O2/c1-14-11-18(24(5)23-14)25-10-6-7-15(13-25)22-19(26)17-9-8-16(12-21-17)27-20(2,3)4/h8-9,11-12,15H,6-7,10,13H2,1-5H3,(H,22,26). The minimum atomic E-state index is -0.291. The van der Waals surface area contributed by atoms with E-state index in [1.165, 1.54) is 0 Å². The van der Waals surface area contributed by atoms with Crippen LogP contribution >= 0.6 is 0 Å². The van der Waals surface area contributed by atoms with Gasteiger partial charge in [-0.25, -0.2) is 4.98 Å². The molecule has 2 aromatic rings. The van der Waals surface area contributed by atoms with Crippen molar-refractivity contribution >= 4 is 11.7 Å². The van der Waals surface area contributed by atoms with Crippen LogP contribution in [0.2, 0.25) is 0 Å². The topological polar surface area (TPSA) is 72.3 Å². The number of piperidine rings is 1. The summed E-state index contributed by atoms with van der Waals surface area (Å²) in [6, 6.07) is 5.67. The Kier molecular flexibility index (Phi) is 5.39. The first-order chi connectivity index (χ1) is 12.7. The molecule has 0 radical (unpaired) electrons. The minimum Gasteiger partial charge on any atom is -0.487 e. The summed E-state index contributed by atoms with van der Waals surface area (Å²) in [6.45, 7) is 9.67. The molecule has 0 spiro atoms. The Morgan fingerprint density at radius 2 is 2.11 bits per heavy atom. The third-order valence-electron chi connectivity index (χ3n) is 4.45. The lowest BCUT2D eigenvalue weighted by Crippen LogP contribution is -2.48. The lowest BCUT2D eigenvalue weighted by atomic mass is 10.1. The third kappa shape index (κ3) is 4.99. The van der Waals surface area contributed by atoms with E-state index in [2.05, 4.69) is 26.4 Å². The van der Waals surface area contributed by atoms with Crippen LogP contribution in [0.5, 0.6) is 5.75 Å². The van der Waals surface area contributed by atoms with Crippen molar-refractivity contribution in [3.63, 3.8) is 0 Å². The summed E-state index contributed by atoms with van der Waals surface area (Å²) in [5, 5.41) is 7.53. The summed E-state index contributed by atoms with van der Waals surface area (Å²) in [5.41, 5.74) is 1.12. The SMILES string of the molecule is Cc1cc(N2CCCC(NC(=O)c3ccc(OC(C)(C)C)cn3)C2)n(C)n1. The maximum atomic E-state index is 12.6. The Morgan fingerprint density at radius 3 is 2.70 bits per heavy atom. The van der Waals surface area contributed by atoms with Gasteiger partial charge in [0.15, 0.2) is 0 Å². The maximum Gasteiger partial charge on any atom is 0.270 e. The number of nitrogens with zero attached hydrogens (tertiary/aromatic N) is 4. The van der Waals surface area contributed by atoms with Gasteiger partial charge in [-0.3, -0.25) is 9.48 Å². The van der Waals surface area contributed by atoms with Gasteiger partial charge in [0.25, 0.3) is 5.91 Å². The molecule has 1 aliphatic rings. The van der Waals surface area contributed by atoms with Gasteiger partial charge in [-0.15, -0.1) is 0 Å². The van der Waals surface area contributed by atoms with Crippen molar-refractivity contribution < 1.29 is 9.53 Å². The second-order valence-electron chi connectivity index (χ2n) is 8.12. The van der Waals surface area contributed by atoms with E-state index in [9.17, 15) is 4.79 Å². The minimum absolute atomic E-state index is 0.0914. The number of amides is 1. The summed E-state index contributed by atoms with van der Waals surface area (Å²) in [7, 11) is 1.95. The first-order valence-electron chi connectivity index (χ1n) is 9.43. The monoisotopic (exact) mass is 371 g/mol. The molecule has 2 aromatic heterocycles. The van der Waals surface area contributed by atoms with Crippen LogP contribution in [0.25, 0.3) is 0 Å². The van der Waals surface area contributed by atoms with E-state index in [4.69, 9.17) is 4.74 Å². The Bertz CT molecular complexity index is 792. The molecule has 1 saturated heterocycles. The van der Waals surface area contributed by atoms with E-state index in [0.29, 0.717) is 11.4 Å². The van der Waals surface area contributed by atoms with Crippen molar-refractivity contribution in [1.29, 1.82) is 0 Å². The highest BCUT2D eigenvalue weighted by Gasteiger charge is 2.24. The molecule has 146 valence electrons. The number of nitrogens with one attached hydrogen (secondary N) is 1. The van der Waals surface area contributed by atoms with Crippen molar-refractivity contribution in [1.82, 2.24) is 20.1 Å².